The van der Waals surface area contributed by atoms with Gasteiger partial charge in [-0.2, -0.15) is 13.2 Å². The third-order valence-electron chi connectivity index (χ3n) is 11.8. The zero-order chi connectivity index (χ0) is 46.6. The van der Waals surface area contributed by atoms with Crippen LogP contribution in [0.15, 0.2) is 63.2 Å². The van der Waals surface area contributed by atoms with Crippen LogP contribution in [0.5, 0.6) is 0 Å². The summed E-state index contributed by atoms with van der Waals surface area (Å²) >= 11 is 1.48. The van der Waals surface area contributed by atoms with Crippen LogP contribution in [0.4, 0.5) is 18.9 Å². The number of likely N-dealkylation sites (tertiary alicyclic amines) is 1. The number of aliphatic hydroxyl groups is 1. The van der Waals surface area contributed by atoms with E-state index in [2.05, 4.69) is 20.9 Å². The largest absolute Gasteiger partial charge is 0.505 e. The summed E-state index contributed by atoms with van der Waals surface area (Å²) in [6.45, 7) is 9.01. The van der Waals surface area contributed by atoms with Gasteiger partial charge < -0.3 is 25.8 Å². The minimum absolute atomic E-state index is 0.0127. The maximum Gasteiger partial charge on any atom is 0.505 e. The number of aliphatic hydroxyl groups excluding tert-OH is 1. The maximum absolute atomic E-state index is 13.8. The summed E-state index contributed by atoms with van der Waals surface area (Å²) in [6, 6.07) is 11.6. The van der Waals surface area contributed by atoms with Crippen LogP contribution >= 0.6 is 11.8 Å². The third-order valence-corrected chi connectivity index (χ3v) is 15.0. The van der Waals surface area contributed by atoms with E-state index in [1.165, 1.54) is 12.1 Å². The topological polar surface area (TPSA) is 188 Å². The molecule has 1 heterocycles. The molecule has 13 nitrogen and oxygen atoms in total. The second-order valence-electron chi connectivity index (χ2n) is 16.3. The van der Waals surface area contributed by atoms with Gasteiger partial charge in [0.25, 0.3) is 14.7 Å². The van der Waals surface area contributed by atoms with Crippen LogP contribution < -0.4 is 16.0 Å². The van der Waals surface area contributed by atoms with Crippen molar-refractivity contribution in [1.29, 1.82) is 0 Å². The van der Waals surface area contributed by atoms with Crippen LogP contribution in [-0.2, 0) is 49.6 Å². The van der Waals surface area contributed by atoms with E-state index >= 15 is 0 Å². The molecule has 2 amide bonds. The first-order valence-electron chi connectivity index (χ1n) is 21.7. The molecule has 63 heavy (non-hydrogen) atoms. The number of alkyl halides is 3. The highest BCUT2D eigenvalue weighted by molar-refractivity contribution is 7.99. The number of esters is 1. The molecule has 1 aliphatic heterocycles. The van der Waals surface area contributed by atoms with E-state index in [4.69, 9.17) is 9.84 Å². The average molecular weight is 946 g/mol. The van der Waals surface area contributed by atoms with Gasteiger partial charge in [-0.25, -0.2) is 8.42 Å². The zero-order valence-electron chi connectivity index (χ0n) is 36.7. The number of amides is 2. The number of Topliss-reactive ketones (excluding diaryl/α,β-unsaturated/α-hetero) is 1. The molecule has 0 spiro atoms. The van der Waals surface area contributed by atoms with E-state index < -0.39 is 43.7 Å². The number of nitrogens with zero attached hydrogens (tertiary/aromatic N) is 1. The van der Waals surface area contributed by atoms with Crippen molar-refractivity contribution in [3.8, 4) is 0 Å². The van der Waals surface area contributed by atoms with Crippen molar-refractivity contribution >= 4 is 62.5 Å². The van der Waals surface area contributed by atoms with Crippen LogP contribution in [0.3, 0.4) is 0 Å². The second kappa shape index (κ2) is 26.3. The molecule has 2 aromatic carbocycles. The lowest BCUT2D eigenvalue weighted by molar-refractivity contribution is -0.144. The number of ketones is 1. The Morgan fingerprint density at radius 3 is 2.37 bits per heavy atom. The van der Waals surface area contributed by atoms with Gasteiger partial charge in [0.05, 0.1) is 18.3 Å². The number of hydrogen-bond acceptors (Lipinski definition) is 12. The van der Waals surface area contributed by atoms with Crippen molar-refractivity contribution in [3.63, 3.8) is 0 Å². The van der Waals surface area contributed by atoms with Crippen LogP contribution in [-0.4, -0.2) is 104 Å². The Morgan fingerprint density at radius 1 is 1.00 bits per heavy atom. The molecule has 352 valence electrons. The molecule has 19 heteroatoms. The summed E-state index contributed by atoms with van der Waals surface area (Å²) in [5, 5.41) is 17.6. The van der Waals surface area contributed by atoms with Crippen molar-refractivity contribution < 1.29 is 54.8 Å². The molecular weight excluding hydrogens is 882 g/mol. The third kappa shape index (κ3) is 17.0. The van der Waals surface area contributed by atoms with Gasteiger partial charge in [-0.3, -0.25) is 24.1 Å². The van der Waals surface area contributed by atoms with E-state index in [0.717, 1.165) is 23.8 Å². The fourth-order valence-electron chi connectivity index (χ4n) is 7.45. The predicted molar refractivity (Wildman–Crippen MR) is 238 cm³/mol. The Kier molecular flexibility index (Phi) is 22.5. The predicted octanol–water partition coefficient (Wildman–Crippen LogP) is 7.09. The number of carbonyl (C=O) groups is 4. The van der Waals surface area contributed by atoms with Crippen LogP contribution in [0.2, 0.25) is 0 Å². The molecule has 1 fully saturated rings. The summed E-state index contributed by atoms with van der Waals surface area (Å²) in [5.74, 6) is -0.733. The van der Waals surface area contributed by atoms with Crippen LogP contribution in [0.1, 0.15) is 105 Å². The van der Waals surface area contributed by atoms with Crippen LogP contribution in [0, 0.1) is 11.3 Å². The summed E-state index contributed by atoms with van der Waals surface area (Å²) in [6.07, 6.45) is 5.06. The molecule has 0 aliphatic carbocycles. The maximum atomic E-state index is 13.8. The number of sulfone groups is 1. The van der Waals surface area contributed by atoms with Gasteiger partial charge in [0, 0.05) is 76.8 Å². The van der Waals surface area contributed by atoms with Gasteiger partial charge in [-0.1, -0.05) is 45.9 Å². The number of hydrogen-bond donors (Lipinski definition) is 4. The van der Waals surface area contributed by atoms with Crippen molar-refractivity contribution in [2.24, 2.45) is 11.3 Å². The highest BCUT2D eigenvalue weighted by Gasteiger charge is 2.49. The Labute approximate surface area is 378 Å². The molecule has 2 unspecified atom stereocenters. The normalized spacial score (nSPS) is 16.2. The Morgan fingerprint density at radius 2 is 1.71 bits per heavy atom. The number of benzene rings is 2. The molecule has 1 aliphatic rings. The zero-order valence-corrected chi connectivity index (χ0v) is 39.1. The molecule has 1 saturated heterocycles. The number of unbranched alkanes of at least 4 members (excludes halogenated alkanes) is 1. The lowest BCUT2D eigenvalue weighted by Gasteiger charge is -2.33. The van der Waals surface area contributed by atoms with E-state index in [-0.39, 0.29) is 90.7 Å². The molecule has 3 rings (SSSR count). The minimum Gasteiger partial charge on any atom is -0.464 e. The number of anilines is 1. The van der Waals surface area contributed by atoms with E-state index in [0.29, 0.717) is 63.9 Å². The highest BCUT2D eigenvalue weighted by Crippen LogP contribution is 2.37. The van der Waals surface area contributed by atoms with E-state index in [1.54, 1.807) is 11.8 Å². The van der Waals surface area contributed by atoms with Gasteiger partial charge in [-0.05, 0) is 88.4 Å². The first-order valence-corrected chi connectivity index (χ1v) is 24.9. The second-order valence-corrected chi connectivity index (χ2v) is 19.9. The lowest BCUT2D eigenvalue weighted by Crippen LogP contribution is -2.47. The smallest absolute Gasteiger partial charge is 0.464 e. The van der Waals surface area contributed by atoms with Gasteiger partial charge in [-0.15, -0.1) is 11.8 Å². The monoisotopic (exact) mass is 945 g/mol. The van der Waals surface area contributed by atoms with Gasteiger partial charge in [0.1, 0.15) is 11.5 Å². The van der Waals surface area contributed by atoms with Gasteiger partial charge in [0.15, 0.2) is 5.78 Å². The summed E-state index contributed by atoms with van der Waals surface area (Å²) < 4.78 is 83.9. The number of carbonyl (C=O) groups excluding carboxylic acids is 4. The van der Waals surface area contributed by atoms with E-state index in [9.17, 15) is 45.0 Å². The van der Waals surface area contributed by atoms with Gasteiger partial charge >= 0.3 is 23.1 Å². The molecule has 4 atom stereocenters. The molecular formula is C44H64F3N4O9S3+. The van der Waals surface area contributed by atoms with Crippen molar-refractivity contribution in [1.82, 2.24) is 15.5 Å². The Bertz CT molecular complexity index is 1900. The van der Waals surface area contributed by atoms with Crippen molar-refractivity contribution in [2.45, 2.75) is 143 Å². The molecule has 0 bridgehead atoms. The summed E-state index contributed by atoms with van der Waals surface area (Å²) in [4.78, 5) is 53.0. The SMILES string of the molecule is CCC(C)(CC)C(=O)C(CCCCNC(=O)CCO)NC(=O)CCCC(=O)OCCN1CCC[C@H]1C[C@@H](Nc1ccc([S+]=O)cc1S(=O)(=O)C(F)(F)F)C(C)CSc1ccccc1. The number of rotatable bonds is 29. The first kappa shape index (κ1) is 53.7. The Hall–Kier alpha value is -3.65. The summed E-state index contributed by atoms with van der Waals surface area (Å²) in [5.41, 5.74) is -6.43. The molecule has 4 N–H and O–H groups in total. The minimum atomic E-state index is -5.79. The lowest BCUT2D eigenvalue weighted by atomic mass is 9.76. The van der Waals surface area contributed by atoms with Crippen molar-refractivity contribution in [3.05, 3.63) is 48.5 Å². The Balaban J connectivity index is 1.59. The quantitative estimate of drug-likeness (QED) is 0.0281. The van der Waals surface area contributed by atoms with Crippen LogP contribution in [0.25, 0.3) is 0 Å². The van der Waals surface area contributed by atoms with E-state index in [1.807, 2.05) is 58.0 Å². The average Bonchev–Trinajstić information content (AvgIpc) is 3.70. The number of ether oxygens (including phenoxy) is 1. The standard InChI is InChI=1S/C44H63F3N4O9S3/c1-5-43(4,6-2)42(56)36(17-10-11-23-48-39(53)22-26-52)50-40(54)18-12-19-41(55)60-27-25-51-24-13-14-32(51)28-37(31(3)30-61-33-15-8-7-9-16-33)49-35-21-20-34(62-57)29-38(35)63(58,59)44(45,46)47/h7-9,15-16,20-21,29,31-32,36-37,52H,5-6,10-14,17-19,22-28,30H2,1-4H3,(H2-,48,49,50,53,54,57)/p+1/t31?,32-,36?,37+/m0/s1. The van der Waals surface area contributed by atoms with Crippen molar-refractivity contribution in [2.75, 3.05) is 43.9 Å². The molecule has 0 aromatic heterocycles. The fraction of sp³-hybridized carbons (Fsp3) is 0.636. The highest BCUT2D eigenvalue weighted by atomic mass is 32.2. The molecule has 2 aromatic rings. The number of nitrogens with one attached hydrogen (secondary N) is 3. The molecule has 0 radical (unpaired) electrons. The first-order chi connectivity index (χ1) is 29.9. The molecule has 0 saturated carbocycles. The fourth-order valence-corrected chi connectivity index (χ4v) is 9.80. The summed E-state index contributed by atoms with van der Waals surface area (Å²) in [7, 11) is -5.79. The van der Waals surface area contributed by atoms with Gasteiger partial charge in [0.2, 0.25) is 11.8 Å². The number of thioether (sulfide) groups is 1. The number of halogens is 3.